The molecule has 120 valence electrons. The van der Waals surface area contributed by atoms with E-state index in [0.717, 1.165) is 11.3 Å². The molecule has 0 radical (unpaired) electrons. The van der Waals surface area contributed by atoms with Gasteiger partial charge in [-0.25, -0.2) is 4.79 Å². The molecule has 4 nitrogen and oxygen atoms in total. The summed E-state index contributed by atoms with van der Waals surface area (Å²) in [5.41, 5.74) is 2.56. The highest BCUT2D eigenvalue weighted by atomic mass is 16.4. The van der Waals surface area contributed by atoms with Crippen molar-refractivity contribution in [2.45, 2.75) is 13.3 Å². The number of aromatic carboxylic acids is 1. The fourth-order valence-electron chi connectivity index (χ4n) is 2.79. The third-order valence-corrected chi connectivity index (χ3v) is 3.90. The lowest BCUT2D eigenvalue weighted by molar-refractivity contribution is 0.0698. The van der Waals surface area contributed by atoms with Crippen LogP contribution in [0.1, 0.15) is 34.2 Å². The van der Waals surface area contributed by atoms with E-state index in [9.17, 15) is 14.7 Å². The molecule has 0 aliphatic carbocycles. The molecule has 2 aromatic carbocycles. The Balaban J connectivity index is 2.39. The van der Waals surface area contributed by atoms with E-state index in [1.54, 1.807) is 11.5 Å². The fourth-order valence-corrected chi connectivity index (χ4v) is 2.79. The van der Waals surface area contributed by atoms with Gasteiger partial charge in [0.15, 0.2) is 5.78 Å². The molecule has 0 aliphatic heterocycles. The maximum atomic E-state index is 12.4. The summed E-state index contributed by atoms with van der Waals surface area (Å²) in [7, 11) is 0. The van der Waals surface area contributed by atoms with Crippen LogP contribution in [0.25, 0.3) is 16.9 Å². The topological polar surface area (TPSA) is 59.3 Å². The monoisotopic (exact) mass is 319 g/mol. The van der Waals surface area contributed by atoms with Crippen LogP contribution < -0.4 is 0 Å². The molecule has 0 saturated carbocycles. The zero-order chi connectivity index (χ0) is 17.1. The molecule has 3 rings (SSSR count). The molecular formula is C20H17NO3. The van der Waals surface area contributed by atoms with Crippen molar-refractivity contribution >= 4 is 11.8 Å². The van der Waals surface area contributed by atoms with Crippen LogP contribution in [-0.4, -0.2) is 21.4 Å². The second-order valence-electron chi connectivity index (χ2n) is 5.41. The summed E-state index contributed by atoms with van der Waals surface area (Å²) in [6.45, 7) is 1.77. The Bertz CT molecular complexity index is 880. The first-order valence-corrected chi connectivity index (χ1v) is 7.76. The Morgan fingerprint density at radius 3 is 2.08 bits per heavy atom. The van der Waals surface area contributed by atoms with E-state index in [0.29, 0.717) is 17.8 Å². The number of carboxylic acid groups (broad SMARTS) is 1. The largest absolute Gasteiger partial charge is 0.478 e. The molecule has 1 heterocycles. The van der Waals surface area contributed by atoms with Crippen LogP contribution in [0.4, 0.5) is 0 Å². The summed E-state index contributed by atoms with van der Waals surface area (Å²) in [6.07, 6.45) is 0.310. The summed E-state index contributed by atoms with van der Waals surface area (Å²) in [5.74, 6) is -1.14. The van der Waals surface area contributed by atoms with Crippen molar-refractivity contribution in [2.24, 2.45) is 0 Å². The summed E-state index contributed by atoms with van der Waals surface area (Å²) >= 11 is 0. The first-order valence-electron chi connectivity index (χ1n) is 7.76. The number of para-hydroxylation sites is 1. The molecule has 0 spiro atoms. The Labute approximate surface area is 140 Å². The molecule has 0 aliphatic rings. The minimum Gasteiger partial charge on any atom is -0.478 e. The number of carbonyl (C=O) groups is 2. The SMILES string of the molecule is CCC(=O)c1cc(C(=O)O)c(-c2ccccc2)n1-c1ccccc1. The summed E-state index contributed by atoms with van der Waals surface area (Å²) < 4.78 is 1.74. The first-order chi connectivity index (χ1) is 11.6. The van der Waals surface area contributed by atoms with Crippen LogP contribution in [0.3, 0.4) is 0 Å². The number of carboxylic acids is 1. The molecule has 0 saturated heterocycles. The predicted octanol–water partition coefficient (Wildman–Crippen LogP) is 4.44. The standard InChI is InChI=1S/C20H17NO3/c1-2-18(22)17-13-16(20(23)24)19(14-9-5-3-6-10-14)21(17)15-11-7-4-8-12-15/h3-13H,2H2,1H3,(H,23,24). The van der Waals surface area contributed by atoms with Crippen molar-refractivity contribution in [3.63, 3.8) is 0 Å². The number of carbonyl (C=O) groups excluding carboxylic acids is 1. The number of aromatic nitrogens is 1. The van der Waals surface area contributed by atoms with E-state index in [1.807, 2.05) is 60.7 Å². The smallest absolute Gasteiger partial charge is 0.337 e. The van der Waals surface area contributed by atoms with E-state index in [-0.39, 0.29) is 11.3 Å². The molecular weight excluding hydrogens is 302 g/mol. The van der Waals surface area contributed by atoms with Gasteiger partial charge in [-0.3, -0.25) is 4.79 Å². The second kappa shape index (κ2) is 6.54. The first kappa shape index (κ1) is 15.7. The van der Waals surface area contributed by atoms with Crippen LogP contribution in [-0.2, 0) is 0 Å². The van der Waals surface area contributed by atoms with Crippen molar-refractivity contribution in [1.82, 2.24) is 4.57 Å². The van der Waals surface area contributed by atoms with Gasteiger partial charge in [0, 0.05) is 12.1 Å². The minimum absolute atomic E-state index is 0.0939. The highest BCUT2D eigenvalue weighted by Crippen LogP contribution is 2.31. The van der Waals surface area contributed by atoms with Gasteiger partial charge in [0.05, 0.1) is 17.0 Å². The second-order valence-corrected chi connectivity index (χ2v) is 5.41. The van der Waals surface area contributed by atoms with Crippen LogP contribution in [0.5, 0.6) is 0 Å². The number of nitrogens with zero attached hydrogens (tertiary/aromatic N) is 1. The van der Waals surface area contributed by atoms with E-state index < -0.39 is 5.97 Å². The average molecular weight is 319 g/mol. The minimum atomic E-state index is -1.05. The van der Waals surface area contributed by atoms with Gasteiger partial charge in [0.1, 0.15) is 0 Å². The molecule has 4 heteroatoms. The lowest BCUT2D eigenvalue weighted by atomic mass is 10.1. The highest BCUT2D eigenvalue weighted by molar-refractivity contribution is 6.03. The van der Waals surface area contributed by atoms with Crippen molar-refractivity contribution in [3.05, 3.63) is 78.0 Å². The number of rotatable bonds is 5. The van der Waals surface area contributed by atoms with Gasteiger partial charge in [-0.2, -0.15) is 0 Å². The Morgan fingerprint density at radius 1 is 0.958 bits per heavy atom. The van der Waals surface area contributed by atoms with Crippen LogP contribution in [0.2, 0.25) is 0 Å². The van der Waals surface area contributed by atoms with Crippen LogP contribution in [0, 0.1) is 0 Å². The van der Waals surface area contributed by atoms with Crippen LogP contribution >= 0.6 is 0 Å². The van der Waals surface area contributed by atoms with E-state index in [2.05, 4.69) is 0 Å². The lowest BCUT2D eigenvalue weighted by Gasteiger charge is -2.13. The molecule has 0 fully saturated rings. The van der Waals surface area contributed by atoms with Crippen LogP contribution in [0.15, 0.2) is 66.7 Å². The molecule has 3 aromatic rings. The summed E-state index contributed by atoms with van der Waals surface area (Å²) in [6, 6.07) is 20.1. The molecule has 1 aromatic heterocycles. The average Bonchev–Trinajstić information content (AvgIpc) is 3.03. The maximum Gasteiger partial charge on any atom is 0.337 e. The number of Topliss-reactive ketones (excluding diaryl/α,β-unsaturated/α-hetero) is 1. The van der Waals surface area contributed by atoms with Crippen molar-refractivity contribution in [2.75, 3.05) is 0 Å². The molecule has 1 N–H and O–H groups in total. The number of benzene rings is 2. The van der Waals surface area contributed by atoms with Gasteiger partial charge in [0.2, 0.25) is 0 Å². The zero-order valence-corrected chi connectivity index (χ0v) is 13.3. The lowest BCUT2D eigenvalue weighted by Crippen LogP contribution is -2.08. The normalized spacial score (nSPS) is 10.5. The van der Waals surface area contributed by atoms with Crippen molar-refractivity contribution in [3.8, 4) is 16.9 Å². The van der Waals surface area contributed by atoms with Gasteiger partial charge >= 0.3 is 5.97 Å². The number of ketones is 1. The quantitative estimate of drug-likeness (QED) is 0.707. The van der Waals surface area contributed by atoms with Crippen molar-refractivity contribution in [1.29, 1.82) is 0 Å². The molecule has 0 atom stereocenters. The van der Waals surface area contributed by atoms with Gasteiger partial charge in [-0.15, -0.1) is 0 Å². The Morgan fingerprint density at radius 2 is 1.54 bits per heavy atom. The van der Waals surface area contributed by atoms with Gasteiger partial charge < -0.3 is 9.67 Å². The van der Waals surface area contributed by atoms with E-state index in [1.165, 1.54) is 6.07 Å². The zero-order valence-electron chi connectivity index (χ0n) is 13.3. The maximum absolute atomic E-state index is 12.4. The molecule has 24 heavy (non-hydrogen) atoms. The highest BCUT2D eigenvalue weighted by Gasteiger charge is 2.24. The third kappa shape index (κ3) is 2.74. The molecule has 0 amide bonds. The number of hydrogen-bond acceptors (Lipinski definition) is 2. The molecule has 0 bridgehead atoms. The Hall–Kier alpha value is -3.14. The third-order valence-electron chi connectivity index (χ3n) is 3.90. The van der Waals surface area contributed by atoms with Gasteiger partial charge in [0.25, 0.3) is 0 Å². The van der Waals surface area contributed by atoms with E-state index in [4.69, 9.17) is 0 Å². The van der Waals surface area contributed by atoms with Gasteiger partial charge in [-0.1, -0.05) is 55.5 Å². The summed E-state index contributed by atoms with van der Waals surface area (Å²) in [4.78, 5) is 24.2. The van der Waals surface area contributed by atoms with Crippen molar-refractivity contribution < 1.29 is 14.7 Å². The predicted molar refractivity (Wildman–Crippen MR) is 92.8 cm³/mol. The molecule has 0 unspecified atom stereocenters. The fraction of sp³-hybridized carbons (Fsp3) is 0.100. The Kier molecular flexibility index (Phi) is 4.29. The van der Waals surface area contributed by atoms with E-state index >= 15 is 0 Å². The van der Waals surface area contributed by atoms with Gasteiger partial charge in [-0.05, 0) is 23.8 Å². The summed E-state index contributed by atoms with van der Waals surface area (Å²) in [5, 5.41) is 9.64. The number of hydrogen-bond donors (Lipinski definition) is 1.